The van der Waals surface area contributed by atoms with E-state index >= 15 is 0 Å². The van der Waals surface area contributed by atoms with Crippen LogP contribution < -0.4 is 0 Å². The van der Waals surface area contributed by atoms with Gasteiger partial charge in [-0.2, -0.15) is 0 Å². The minimum absolute atomic E-state index is 0.172. The molecule has 2 rings (SSSR count). The molecule has 1 aromatic carbocycles. The Labute approximate surface area is 120 Å². The number of hydrogen-bond acceptors (Lipinski definition) is 2. The van der Waals surface area contributed by atoms with Gasteiger partial charge in [0.15, 0.2) is 0 Å². The number of amides is 1. The average molecular weight is 330 g/mol. The second-order valence-electron chi connectivity index (χ2n) is 5.19. The molecule has 0 atom stereocenters. The molecule has 1 amide bonds. The zero-order valence-corrected chi connectivity index (χ0v) is 12.4. The summed E-state index contributed by atoms with van der Waals surface area (Å²) >= 11 is 3.09. The van der Waals surface area contributed by atoms with Crippen molar-refractivity contribution in [2.75, 3.05) is 13.6 Å². The van der Waals surface area contributed by atoms with E-state index < -0.39 is 11.4 Å². The summed E-state index contributed by atoms with van der Waals surface area (Å²) in [6.07, 6.45) is 3.41. The van der Waals surface area contributed by atoms with E-state index in [-0.39, 0.29) is 22.5 Å². The van der Waals surface area contributed by atoms with E-state index in [4.69, 9.17) is 0 Å². The maximum Gasteiger partial charge on any atom is 0.254 e. The highest BCUT2D eigenvalue weighted by Crippen LogP contribution is 2.30. The molecule has 3 nitrogen and oxygen atoms in total. The number of carbonyl (C=O) groups excluding carboxylic acids is 1. The van der Waals surface area contributed by atoms with E-state index in [0.29, 0.717) is 0 Å². The van der Waals surface area contributed by atoms with E-state index in [9.17, 15) is 14.3 Å². The smallest absolute Gasteiger partial charge is 0.254 e. The Bertz CT molecular complexity index is 486. The molecule has 0 radical (unpaired) electrons. The Balaban J connectivity index is 2.12. The van der Waals surface area contributed by atoms with Crippen molar-refractivity contribution in [1.82, 2.24) is 4.90 Å². The Morgan fingerprint density at radius 2 is 2.11 bits per heavy atom. The van der Waals surface area contributed by atoms with Crippen LogP contribution in [0.15, 0.2) is 22.7 Å². The van der Waals surface area contributed by atoms with Crippen LogP contribution in [0.3, 0.4) is 0 Å². The summed E-state index contributed by atoms with van der Waals surface area (Å²) < 4.78 is 13.6. The normalized spacial score (nSPS) is 17.5. The summed E-state index contributed by atoms with van der Waals surface area (Å²) in [5, 5.41) is 10.3. The highest BCUT2D eigenvalue weighted by atomic mass is 79.9. The zero-order chi connectivity index (χ0) is 14.0. The Kier molecular flexibility index (Phi) is 4.26. The first kappa shape index (κ1) is 14.5. The minimum Gasteiger partial charge on any atom is -0.388 e. The highest BCUT2D eigenvalue weighted by molar-refractivity contribution is 9.10. The number of hydrogen-bond donors (Lipinski definition) is 1. The molecule has 1 fully saturated rings. The van der Waals surface area contributed by atoms with Gasteiger partial charge in [-0.1, -0.05) is 18.9 Å². The van der Waals surface area contributed by atoms with Crippen LogP contribution in [0.4, 0.5) is 4.39 Å². The molecule has 19 heavy (non-hydrogen) atoms. The maximum atomic E-state index is 13.4. The Morgan fingerprint density at radius 1 is 1.47 bits per heavy atom. The van der Waals surface area contributed by atoms with Crippen LogP contribution in [0.2, 0.25) is 0 Å². The summed E-state index contributed by atoms with van der Waals surface area (Å²) in [4.78, 5) is 13.7. The van der Waals surface area contributed by atoms with Gasteiger partial charge in [0.2, 0.25) is 0 Å². The molecule has 0 aromatic heterocycles. The van der Waals surface area contributed by atoms with Crippen molar-refractivity contribution in [2.24, 2.45) is 0 Å². The fraction of sp³-hybridized carbons (Fsp3) is 0.500. The van der Waals surface area contributed by atoms with E-state index in [1.165, 1.54) is 17.0 Å². The van der Waals surface area contributed by atoms with Crippen molar-refractivity contribution >= 4 is 21.8 Å². The molecule has 0 aliphatic heterocycles. The van der Waals surface area contributed by atoms with Gasteiger partial charge in [0.25, 0.3) is 5.91 Å². The molecule has 1 aliphatic rings. The van der Waals surface area contributed by atoms with Crippen LogP contribution in [-0.2, 0) is 0 Å². The van der Waals surface area contributed by atoms with Gasteiger partial charge in [0.1, 0.15) is 5.82 Å². The van der Waals surface area contributed by atoms with Crippen molar-refractivity contribution < 1.29 is 14.3 Å². The van der Waals surface area contributed by atoms with Crippen LogP contribution in [0, 0.1) is 5.82 Å². The quantitative estimate of drug-likeness (QED) is 0.926. The molecule has 0 bridgehead atoms. The topological polar surface area (TPSA) is 40.5 Å². The number of likely N-dealkylation sites (N-methyl/N-ethyl adjacent to an activating group) is 1. The van der Waals surface area contributed by atoms with Crippen LogP contribution >= 0.6 is 15.9 Å². The predicted octanol–water partition coefficient (Wildman–Crippen LogP) is 2.97. The second-order valence-corrected chi connectivity index (χ2v) is 5.99. The third kappa shape index (κ3) is 3.15. The third-order valence-corrected chi connectivity index (χ3v) is 4.40. The van der Waals surface area contributed by atoms with Gasteiger partial charge < -0.3 is 10.0 Å². The number of rotatable bonds is 3. The summed E-state index contributed by atoms with van der Waals surface area (Å²) in [5.74, 6) is -0.745. The summed E-state index contributed by atoms with van der Waals surface area (Å²) in [6.45, 7) is 0.286. The lowest BCUT2D eigenvalue weighted by molar-refractivity contribution is 0.0156. The SMILES string of the molecule is CN(CC1(O)CCCC1)C(=O)c1cccc(F)c1Br. The van der Waals surface area contributed by atoms with Crippen molar-refractivity contribution in [2.45, 2.75) is 31.3 Å². The molecule has 0 heterocycles. The van der Waals surface area contributed by atoms with E-state index in [2.05, 4.69) is 15.9 Å². The second kappa shape index (κ2) is 5.59. The molecule has 1 aliphatic carbocycles. The third-order valence-electron chi connectivity index (χ3n) is 3.59. The van der Waals surface area contributed by atoms with E-state index in [0.717, 1.165) is 25.7 Å². The first-order valence-corrected chi connectivity index (χ1v) is 7.14. The van der Waals surface area contributed by atoms with Crippen molar-refractivity contribution in [3.63, 3.8) is 0 Å². The van der Waals surface area contributed by atoms with Crippen LogP contribution in [-0.4, -0.2) is 35.1 Å². The molecular weight excluding hydrogens is 313 g/mol. The van der Waals surface area contributed by atoms with Crippen LogP contribution in [0.5, 0.6) is 0 Å². The van der Waals surface area contributed by atoms with Crippen LogP contribution in [0.25, 0.3) is 0 Å². The van der Waals surface area contributed by atoms with Crippen molar-refractivity contribution in [1.29, 1.82) is 0 Å². The van der Waals surface area contributed by atoms with Crippen molar-refractivity contribution in [3.05, 3.63) is 34.1 Å². The number of halogens is 2. The number of carbonyl (C=O) groups is 1. The zero-order valence-electron chi connectivity index (χ0n) is 10.8. The summed E-state index contributed by atoms with van der Waals surface area (Å²) in [5.41, 5.74) is -0.506. The van der Waals surface area contributed by atoms with Gasteiger partial charge in [0.05, 0.1) is 15.6 Å². The average Bonchev–Trinajstić information content (AvgIpc) is 2.78. The van der Waals surface area contributed by atoms with E-state index in [1.807, 2.05) is 0 Å². The number of nitrogens with zero attached hydrogens (tertiary/aromatic N) is 1. The standard InChI is InChI=1S/C14H17BrFNO2/c1-17(9-14(19)7-2-3-8-14)13(18)10-5-4-6-11(16)12(10)15/h4-6,19H,2-3,7-9H2,1H3. The lowest BCUT2D eigenvalue weighted by Gasteiger charge is -2.28. The molecule has 0 saturated heterocycles. The van der Waals surface area contributed by atoms with Gasteiger partial charge in [-0.05, 0) is 40.9 Å². The first-order valence-electron chi connectivity index (χ1n) is 6.35. The molecule has 1 N–H and O–H groups in total. The monoisotopic (exact) mass is 329 g/mol. The van der Waals surface area contributed by atoms with Gasteiger partial charge in [-0.3, -0.25) is 4.79 Å². The minimum atomic E-state index is -0.787. The highest BCUT2D eigenvalue weighted by Gasteiger charge is 2.33. The molecule has 5 heteroatoms. The Morgan fingerprint density at radius 3 is 2.74 bits per heavy atom. The predicted molar refractivity (Wildman–Crippen MR) is 74.5 cm³/mol. The molecule has 1 aromatic rings. The fourth-order valence-electron chi connectivity index (χ4n) is 2.58. The molecule has 0 spiro atoms. The summed E-state index contributed by atoms with van der Waals surface area (Å²) in [6, 6.07) is 4.38. The van der Waals surface area contributed by atoms with Crippen molar-refractivity contribution in [3.8, 4) is 0 Å². The van der Waals surface area contributed by atoms with E-state index in [1.54, 1.807) is 13.1 Å². The van der Waals surface area contributed by atoms with Crippen LogP contribution in [0.1, 0.15) is 36.0 Å². The lowest BCUT2D eigenvalue weighted by atomic mass is 10.0. The van der Waals surface area contributed by atoms with Gasteiger partial charge in [-0.15, -0.1) is 0 Å². The fourth-order valence-corrected chi connectivity index (χ4v) is 3.01. The number of benzene rings is 1. The Hall–Kier alpha value is -0.940. The first-order chi connectivity index (χ1) is 8.93. The van der Waals surface area contributed by atoms with Gasteiger partial charge >= 0.3 is 0 Å². The molecular formula is C14H17BrFNO2. The lowest BCUT2D eigenvalue weighted by Crippen LogP contribution is -2.42. The van der Waals surface area contributed by atoms with Gasteiger partial charge in [-0.25, -0.2) is 4.39 Å². The van der Waals surface area contributed by atoms with Gasteiger partial charge in [0, 0.05) is 13.6 Å². The maximum absolute atomic E-state index is 13.4. The molecule has 0 unspecified atom stereocenters. The molecule has 104 valence electrons. The summed E-state index contributed by atoms with van der Waals surface area (Å²) in [7, 11) is 1.63. The largest absolute Gasteiger partial charge is 0.388 e. The number of aliphatic hydroxyl groups is 1. The molecule has 1 saturated carbocycles.